The first-order valence-electron chi connectivity index (χ1n) is 9.01. The van der Waals surface area contributed by atoms with Crippen molar-refractivity contribution in [2.45, 2.75) is 56.1 Å². The minimum atomic E-state index is -3.59. The van der Waals surface area contributed by atoms with Crippen LogP contribution in [0.5, 0.6) is 0 Å². The number of pyridine rings is 1. The lowest BCUT2D eigenvalue weighted by Gasteiger charge is -2.26. The number of aryl methyl sites for hydroxylation is 1. The zero-order valence-corrected chi connectivity index (χ0v) is 15.6. The third-order valence-corrected chi connectivity index (χ3v) is 7.23. The second kappa shape index (κ2) is 6.62. The Bertz CT molecular complexity index is 947. The highest BCUT2D eigenvalue weighted by Crippen LogP contribution is 2.30. The molecule has 0 radical (unpaired) electrons. The normalized spacial score (nSPS) is 20.8. The van der Waals surface area contributed by atoms with E-state index < -0.39 is 10.0 Å². The van der Waals surface area contributed by atoms with Gasteiger partial charge in [0.1, 0.15) is 10.7 Å². The Morgan fingerprint density at radius 1 is 1.27 bits per heavy atom. The van der Waals surface area contributed by atoms with Crippen LogP contribution in [-0.4, -0.2) is 45.1 Å². The van der Waals surface area contributed by atoms with Gasteiger partial charge in [0.2, 0.25) is 10.0 Å². The molecule has 0 N–H and O–H groups in total. The van der Waals surface area contributed by atoms with E-state index in [0.29, 0.717) is 38.3 Å². The highest BCUT2D eigenvalue weighted by Gasteiger charge is 2.31. The molecule has 1 saturated carbocycles. The van der Waals surface area contributed by atoms with Crippen LogP contribution < -0.4 is 5.69 Å². The van der Waals surface area contributed by atoms with Crippen molar-refractivity contribution in [1.29, 1.82) is 0 Å². The molecule has 0 amide bonds. The number of hydrogen-bond acceptors (Lipinski definition) is 5. The van der Waals surface area contributed by atoms with Crippen LogP contribution in [0, 0.1) is 5.92 Å². The van der Waals surface area contributed by atoms with Crippen LogP contribution in [0.1, 0.15) is 31.5 Å². The Hall–Kier alpha value is -2.00. The predicted octanol–water partition coefficient (Wildman–Crippen LogP) is 0.875. The molecule has 1 unspecified atom stereocenters. The molecule has 0 aromatic carbocycles. The lowest BCUT2D eigenvalue weighted by Crippen LogP contribution is -2.38. The molecule has 1 atom stereocenters. The number of fused-ring (bicyclic) bond motifs is 1. The largest absolute Gasteiger partial charge is 0.345 e. The molecule has 1 fully saturated rings. The van der Waals surface area contributed by atoms with Crippen molar-refractivity contribution in [3.63, 3.8) is 0 Å². The molecule has 2 aromatic rings. The number of rotatable bonds is 5. The van der Waals surface area contributed by atoms with Gasteiger partial charge in [-0.1, -0.05) is 0 Å². The van der Waals surface area contributed by atoms with E-state index in [2.05, 4.69) is 10.1 Å². The molecule has 0 saturated heterocycles. The Morgan fingerprint density at radius 2 is 2.08 bits per heavy atom. The predicted molar refractivity (Wildman–Crippen MR) is 95.1 cm³/mol. The van der Waals surface area contributed by atoms with Gasteiger partial charge in [-0.25, -0.2) is 17.9 Å². The van der Waals surface area contributed by atoms with Crippen molar-refractivity contribution >= 4 is 10.0 Å². The first-order chi connectivity index (χ1) is 12.5. The van der Waals surface area contributed by atoms with Crippen LogP contribution in [-0.2, 0) is 29.5 Å². The van der Waals surface area contributed by atoms with Gasteiger partial charge < -0.3 is 0 Å². The summed E-state index contributed by atoms with van der Waals surface area (Å²) >= 11 is 0. The van der Waals surface area contributed by atoms with Crippen LogP contribution in [0.25, 0.3) is 0 Å². The van der Waals surface area contributed by atoms with Gasteiger partial charge in [-0.05, 0) is 43.7 Å². The van der Waals surface area contributed by atoms with Gasteiger partial charge in [0.25, 0.3) is 0 Å². The third-order valence-electron chi connectivity index (χ3n) is 5.34. The summed E-state index contributed by atoms with van der Waals surface area (Å²) in [6.45, 7) is 1.20. The van der Waals surface area contributed by atoms with E-state index in [4.69, 9.17) is 0 Å². The fourth-order valence-corrected chi connectivity index (χ4v) is 4.88. The summed E-state index contributed by atoms with van der Waals surface area (Å²) in [5, 5.41) is 4.49. The lowest BCUT2D eigenvalue weighted by atomic mass is 10.1. The van der Waals surface area contributed by atoms with Gasteiger partial charge in [-0.2, -0.15) is 9.40 Å². The van der Waals surface area contributed by atoms with Crippen LogP contribution in [0.2, 0.25) is 0 Å². The first kappa shape index (κ1) is 17.4. The van der Waals surface area contributed by atoms with Crippen molar-refractivity contribution in [3.8, 4) is 0 Å². The lowest BCUT2D eigenvalue weighted by molar-refractivity contribution is 0.328. The Balaban J connectivity index is 1.51. The van der Waals surface area contributed by atoms with E-state index in [1.54, 1.807) is 34.6 Å². The van der Waals surface area contributed by atoms with Crippen LogP contribution in [0.4, 0.5) is 0 Å². The Labute approximate surface area is 152 Å². The van der Waals surface area contributed by atoms with Crippen LogP contribution in [0.15, 0.2) is 34.2 Å². The summed E-state index contributed by atoms with van der Waals surface area (Å²) in [6.07, 6.45) is 7.11. The van der Waals surface area contributed by atoms with Gasteiger partial charge in [-0.3, -0.25) is 9.55 Å². The molecular weight excluding hydrogens is 354 g/mol. The molecule has 2 aromatic heterocycles. The first-order valence-corrected chi connectivity index (χ1v) is 10.5. The SMILES string of the molecule is CN(C1CCc2nn(CC3CC3)c(=O)n2CC1)S(=O)(=O)c1cccnc1. The van der Waals surface area contributed by atoms with E-state index >= 15 is 0 Å². The molecule has 8 nitrogen and oxygen atoms in total. The van der Waals surface area contributed by atoms with Gasteiger partial charge in [0, 0.05) is 45.0 Å². The van der Waals surface area contributed by atoms with E-state index in [0.717, 1.165) is 5.82 Å². The second-order valence-corrected chi connectivity index (χ2v) is 9.16. The summed E-state index contributed by atoms with van der Waals surface area (Å²) < 4.78 is 30.3. The van der Waals surface area contributed by atoms with Gasteiger partial charge in [-0.15, -0.1) is 0 Å². The average Bonchev–Trinajstić information content (AvgIpc) is 3.44. The monoisotopic (exact) mass is 377 g/mol. The zero-order chi connectivity index (χ0) is 18.3. The van der Waals surface area contributed by atoms with E-state index in [1.165, 1.54) is 23.3 Å². The maximum atomic E-state index is 12.8. The summed E-state index contributed by atoms with van der Waals surface area (Å²) in [6, 6.07) is 3.00. The van der Waals surface area contributed by atoms with Crippen LogP contribution >= 0.6 is 0 Å². The minimum absolute atomic E-state index is 0.0645. The molecule has 140 valence electrons. The molecular formula is C17H23N5O3S. The maximum absolute atomic E-state index is 12.8. The highest BCUT2D eigenvalue weighted by atomic mass is 32.2. The second-order valence-electron chi connectivity index (χ2n) is 7.17. The standard InChI is InChI=1S/C17H23N5O3S/c1-20(26(24,25)15-3-2-9-18-11-15)14-6-7-16-19-22(12-13-4-5-13)17(23)21(16)10-8-14/h2-3,9,11,13-14H,4-8,10,12H2,1H3. The van der Waals surface area contributed by atoms with Crippen molar-refractivity contribution in [3.05, 3.63) is 40.8 Å². The molecule has 0 bridgehead atoms. The smallest absolute Gasteiger partial charge is 0.279 e. The van der Waals surface area contributed by atoms with Gasteiger partial charge in [0.05, 0.1) is 0 Å². The number of sulfonamides is 1. The number of nitrogens with zero attached hydrogens (tertiary/aromatic N) is 5. The molecule has 4 rings (SSSR count). The summed E-state index contributed by atoms with van der Waals surface area (Å²) in [5.74, 6) is 1.36. The Morgan fingerprint density at radius 3 is 2.77 bits per heavy atom. The molecule has 3 heterocycles. The fraction of sp³-hybridized carbons (Fsp3) is 0.588. The zero-order valence-electron chi connectivity index (χ0n) is 14.8. The molecule has 0 spiro atoms. The van der Waals surface area contributed by atoms with E-state index in [9.17, 15) is 13.2 Å². The highest BCUT2D eigenvalue weighted by molar-refractivity contribution is 7.89. The molecule has 2 aliphatic rings. The topological polar surface area (TPSA) is 90.1 Å². The molecule has 1 aliphatic carbocycles. The summed E-state index contributed by atoms with van der Waals surface area (Å²) in [4.78, 5) is 16.6. The number of aromatic nitrogens is 4. The van der Waals surface area contributed by atoms with E-state index in [-0.39, 0.29) is 16.6 Å². The third kappa shape index (κ3) is 3.21. The summed E-state index contributed by atoms with van der Waals surface area (Å²) in [5.41, 5.74) is -0.0645. The minimum Gasteiger partial charge on any atom is -0.279 e. The molecule has 1 aliphatic heterocycles. The Kier molecular flexibility index (Phi) is 4.44. The molecule has 26 heavy (non-hydrogen) atoms. The maximum Gasteiger partial charge on any atom is 0.345 e. The quantitative estimate of drug-likeness (QED) is 0.771. The van der Waals surface area contributed by atoms with E-state index in [1.807, 2.05) is 0 Å². The van der Waals surface area contributed by atoms with Crippen molar-refractivity contribution in [1.82, 2.24) is 23.6 Å². The van der Waals surface area contributed by atoms with Crippen LogP contribution in [0.3, 0.4) is 0 Å². The molecule has 9 heteroatoms. The van der Waals surface area contributed by atoms with Crippen molar-refractivity contribution < 1.29 is 8.42 Å². The summed E-state index contributed by atoms with van der Waals surface area (Å²) in [7, 11) is -1.99. The van der Waals surface area contributed by atoms with Gasteiger partial charge in [0.15, 0.2) is 0 Å². The number of hydrogen-bond donors (Lipinski definition) is 0. The van der Waals surface area contributed by atoms with Crippen molar-refractivity contribution in [2.24, 2.45) is 5.92 Å². The van der Waals surface area contributed by atoms with Crippen molar-refractivity contribution in [2.75, 3.05) is 7.05 Å². The average molecular weight is 377 g/mol. The fourth-order valence-electron chi connectivity index (χ4n) is 3.50. The van der Waals surface area contributed by atoms with Gasteiger partial charge >= 0.3 is 5.69 Å².